The van der Waals surface area contributed by atoms with E-state index < -0.39 is 0 Å². The molecule has 0 radical (unpaired) electrons. The van der Waals surface area contributed by atoms with Crippen molar-refractivity contribution in [1.29, 1.82) is 0 Å². The lowest BCUT2D eigenvalue weighted by Crippen LogP contribution is -2.14. The molecule has 2 heterocycles. The molecule has 0 saturated heterocycles. The van der Waals surface area contributed by atoms with Crippen molar-refractivity contribution in [1.82, 2.24) is 9.97 Å². The van der Waals surface area contributed by atoms with Crippen molar-refractivity contribution in [3.8, 4) is 22.8 Å². The summed E-state index contributed by atoms with van der Waals surface area (Å²) < 4.78 is 10.7. The van der Waals surface area contributed by atoms with Gasteiger partial charge in [-0.15, -0.1) is 23.1 Å². The van der Waals surface area contributed by atoms with Crippen LogP contribution in [0.3, 0.4) is 0 Å². The summed E-state index contributed by atoms with van der Waals surface area (Å²) in [6.07, 6.45) is 1.75. The number of rotatable bonds is 8. The van der Waals surface area contributed by atoms with E-state index in [2.05, 4.69) is 15.3 Å². The molecule has 8 heteroatoms. The van der Waals surface area contributed by atoms with Gasteiger partial charge >= 0.3 is 0 Å². The third-order valence-electron chi connectivity index (χ3n) is 3.64. The Morgan fingerprint density at radius 2 is 2.11 bits per heavy atom. The van der Waals surface area contributed by atoms with Crippen molar-refractivity contribution < 1.29 is 14.3 Å². The van der Waals surface area contributed by atoms with Crippen LogP contribution in [-0.4, -0.2) is 35.8 Å². The predicted molar refractivity (Wildman–Crippen MR) is 110 cm³/mol. The van der Waals surface area contributed by atoms with Gasteiger partial charge in [0.1, 0.15) is 11.5 Å². The van der Waals surface area contributed by atoms with E-state index in [0.29, 0.717) is 22.4 Å². The zero-order valence-electron chi connectivity index (χ0n) is 15.0. The van der Waals surface area contributed by atoms with Gasteiger partial charge in [-0.1, -0.05) is 6.07 Å². The minimum atomic E-state index is -0.0885. The molecule has 1 aromatic carbocycles. The molecule has 0 bridgehead atoms. The van der Waals surface area contributed by atoms with Gasteiger partial charge in [0, 0.05) is 22.9 Å². The fourth-order valence-electron chi connectivity index (χ4n) is 2.36. The smallest absolute Gasteiger partial charge is 0.236 e. The molecule has 1 amide bonds. The molecule has 1 N–H and O–H groups in total. The molecule has 140 valence electrons. The first kappa shape index (κ1) is 19.2. The van der Waals surface area contributed by atoms with Gasteiger partial charge in [-0.3, -0.25) is 9.78 Å². The standard InChI is InChI=1S/C19H19N3O3S2/c1-24-14-6-7-17(25-2)15(9-14)16-11-27-19(21-16)22-18(23)12-26-10-13-5-3-4-8-20-13/h3-9,11H,10,12H2,1-2H3,(H,21,22,23). The lowest BCUT2D eigenvalue weighted by Gasteiger charge is -2.08. The Morgan fingerprint density at radius 3 is 2.85 bits per heavy atom. The Kier molecular flexibility index (Phi) is 6.67. The van der Waals surface area contributed by atoms with Crippen LogP contribution in [0.4, 0.5) is 5.13 Å². The Bertz CT molecular complexity index is 900. The lowest BCUT2D eigenvalue weighted by atomic mass is 10.1. The summed E-state index contributed by atoms with van der Waals surface area (Å²) in [6.45, 7) is 0. The number of carbonyl (C=O) groups is 1. The summed E-state index contributed by atoms with van der Waals surface area (Å²) in [4.78, 5) is 20.9. The average Bonchev–Trinajstić information content (AvgIpc) is 3.16. The highest BCUT2D eigenvalue weighted by atomic mass is 32.2. The van der Waals surface area contributed by atoms with E-state index in [1.54, 1.807) is 20.4 Å². The van der Waals surface area contributed by atoms with Crippen molar-refractivity contribution >= 4 is 34.1 Å². The number of ether oxygens (including phenoxy) is 2. The van der Waals surface area contributed by atoms with E-state index in [1.807, 2.05) is 41.8 Å². The lowest BCUT2D eigenvalue weighted by molar-refractivity contribution is -0.113. The minimum Gasteiger partial charge on any atom is -0.497 e. The first-order chi connectivity index (χ1) is 13.2. The highest BCUT2D eigenvalue weighted by Crippen LogP contribution is 2.35. The molecule has 6 nitrogen and oxygen atoms in total. The number of methoxy groups -OCH3 is 2. The summed E-state index contributed by atoms with van der Waals surface area (Å²) in [7, 11) is 3.22. The van der Waals surface area contributed by atoms with Gasteiger partial charge in [-0.05, 0) is 30.3 Å². The second-order valence-corrected chi connectivity index (χ2v) is 7.31. The molecule has 0 fully saturated rings. The first-order valence-corrected chi connectivity index (χ1v) is 10.2. The average molecular weight is 402 g/mol. The third kappa shape index (κ3) is 5.21. The highest BCUT2D eigenvalue weighted by molar-refractivity contribution is 7.99. The van der Waals surface area contributed by atoms with Crippen LogP contribution in [0.2, 0.25) is 0 Å². The molecule has 3 aromatic rings. The number of pyridine rings is 1. The van der Waals surface area contributed by atoms with Crippen molar-refractivity contribution in [2.75, 3.05) is 25.3 Å². The van der Waals surface area contributed by atoms with Crippen LogP contribution in [-0.2, 0) is 10.5 Å². The van der Waals surface area contributed by atoms with Crippen LogP contribution in [0.1, 0.15) is 5.69 Å². The van der Waals surface area contributed by atoms with Gasteiger partial charge in [0.05, 0.1) is 31.4 Å². The summed E-state index contributed by atoms with van der Waals surface area (Å²) in [5.74, 6) is 2.36. The van der Waals surface area contributed by atoms with Gasteiger partial charge in [0.25, 0.3) is 0 Å². The van der Waals surface area contributed by atoms with E-state index in [0.717, 1.165) is 22.7 Å². The number of benzene rings is 1. The Balaban J connectivity index is 1.60. The Morgan fingerprint density at radius 1 is 1.22 bits per heavy atom. The van der Waals surface area contributed by atoms with Gasteiger partial charge in [0.15, 0.2) is 5.13 Å². The van der Waals surface area contributed by atoms with Crippen molar-refractivity contribution in [2.24, 2.45) is 0 Å². The second-order valence-electron chi connectivity index (χ2n) is 5.47. The molecular formula is C19H19N3O3S2. The fraction of sp³-hybridized carbons (Fsp3) is 0.211. The SMILES string of the molecule is COc1ccc(OC)c(-c2csc(NC(=O)CSCc3ccccn3)n2)c1. The number of nitrogens with zero attached hydrogens (tertiary/aromatic N) is 2. The number of thiazole rings is 1. The largest absolute Gasteiger partial charge is 0.497 e. The monoisotopic (exact) mass is 401 g/mol. The maximum atomic E-state index is 12.1. The number of nitrogens with one attached hydrogen (secondary N) is 1. The van der Waals surface area contributed by atoms with Crippen LogP contribution < -0.4 is 14.8 Å². The van der Waals surface area contributed by atoms with Gasteiger partial charge in [-0.2, -0.15) is 0 Å². The van der Waals surface area contributed by atoms with Crippen LogP contribution in [0, 0.1) is 0 Å². The number of amides is 1. The Hall–Kier alpha value is -2.58. The summed E-state index contributed by atoms with van der Waals surface area (Å²) >= 11 is 2.89. The van der Waals surface area contributed by atoms with Gasteiger partial charge in [-0.25, -0.2) is 4.98 Å². The van der Waals surface area contributed by atoms with Crippen LogP contribution in [0.15, 0.2) is 48.0 Å². The molecule has 0 atom stereocenters. The minimum absolute atomic E-state index is 0.0885. The second kappa shape index (κ2) is 9.38. The zero-order valence-corrected chi connectivity index (χ0v) is 16.6. The van der Waals surface area contributed by atoms with E-state index >= 15 is 0 Å². The summed E-state index contributed by atoms with van der Waals surface area (Å²) in [6, 6.07) is 11.3. The van der Waals surface area contributed by atoms with Crippen molar-refractivity contribution in [3.63, 3.8) is 0 Å². The van der Waals surface area contributed by atoms with E-state index in [1.165, 1.54) is 23.1 Å². The molecule has 0 aliphatic carbocycles. The molecular weight excluding hydrogens is 382 g/mol. The van der Waals surface area contributed by atoms with Crippen molar-refractivity contribution in [2.45, 2.75) is 5.75 Å². The normalized spacial score (nSPS) is 10.4. The van der Waals surface area contributed by atoms with Crippen molar-refractivity contribution in [3.05, 3.63) is 53.7 Å². The molecule has 27 heavy (non-hydrogen) atoms. The number of hydrogen-bond acceptors (Lipinski definition) is 7. The van der Waals surface area contributed by atoms with Gasteiger partial charge in [0.2, 0.25) is 5.91 Å². The fourth-order valence-corrected chi connectivity index (χ4v) is 3.82. The maximum Gasteiger partial charge on any atom is 0.236 e. The number of carbonyl (C=O) groups excluding carboxylic acids is 1. The van der Waals surface area contributed by atoms with E-state index in [-0.39, 0.29) is 5.91 Å². The molecule has 3 rings (SSSR count). The highest BCUT2D eigenvalue weighted by Gasteiger charge is 2.13. The number of anilines is 1. The number of thioether (sulfide) groups is 1. The molecule has 0 aliphatic heterocycles. The molecule has 2 aromatic heterocycles. The molecule has 0 unspecified atom stereocenters. The van der Waals surface area contributed by atoms with Gasteiger partial charge < -0.3 is 14.8 Å². The molecule has 0 saturated carbocycles. The van der Waals surface area contributed by atoms with E-state index in [9.17, 15) is 4.79 Å². The predicted octanol–water partition coefficient (Wildman–Crippen LogP) is 4.09. The van der Waals surface area contributed by atoms with Crippen LogP contribution in [0.25, 0.3) is 11.3 Å². The maximum absolute atomic E-state index is 12.1. The summed E-state index contributed by atoms with van der Waals surface area (Å²) in [5, 5.41) is 5.28. The topological polar surface area (TPSA) is 73.3 Å². The third-order valence-corrected chi connectivity index (χ3v) is 5.37. The Labute approximate surface area is 166 Å². The molecule has 0 spiro atoms. The van der Waals surface area contributed by atoms with Crippen LogP contribution >= 0.6 is 23.1 Å². The summed E-state index contributed by atoms with van der Waals surface area (Å²) in [5.41, 5.74) is 2.50. The molecule has 0 aliphatic rings. The van der Waals surface area contributed by atoms with Crippen LogP contribution in [0.5, 0.6) is 11.5 Å². The number of aromatic nitrogens is 2. The number of hydrogen-bond donors (Lipinski definition) is 1. The quantitative estimate of drug-likeness (QED) is 0.613. The van der Waals surface area contributed by atoms with E-state index in [4.69, 9.17) is 9.47 Å². The first-order valence-electron chi connectivity index (χ1n) is 8.15. The zero-order chi connectivity index (χ0) is 19.1.